The second kappa shape index (κ2) is 5.49. The predicted octanol–water partition coefficient (Wildman–Crippen LogP) is 0.769. The van der Waals surface area contributed by atoms with Gasteiger partial charge in [0.1, 0.15) is 5.82 Å². The summed E-state index contributed by atoms with van der Waals surface area (Å²) in [4.78, 5) is 12.0. The molecule has 0 amide bonds. The molecule has 1 aliphatic heterocycles. The van der Waals surface area contributed by atoms with E-state index in [2.05, 4.69) is 24.3 Å². The van der Waals surface area contributed by atoms with Crippen LogP contribution in [0.4, 0.5) is 0 Å². The molecule has 1 aromatic rings. The average molecular weight is 238 g/mol. The molecule has 1 aliphatic rings. The summed E-state index contributed by atoms with van der Waals surface area (Å²) >= 11 is 0. The zero-order valence-corrected chi connectivity index (χ0v) is 10.8. The molecule has 0 fully saturated rings. The summed E-state index contributed by atoms with van der Waals surface area (Å²) < 4.78 is 3.46. The monoisotopic (exact) mass is 238 g/mol. The first-order chi connectivity index (χ1) is 8.18. The van der Waals surface area contributed by atoms with Gasteiger partial charge in [0.2, 0.25) is 0 Å². The fourth-order valence-electron chi connectivity index (χ4n) is 2.21. The number of aryl methyl sites for hydroxylation is 2. The van der Waals surface area contributed by atoms with Crippen LogP contribution >= 0.6 is 0 Å². The number of nitrogens with zero attached hydrogens (tertiary/aromatic N) is 3. The standard InChI is InChI=1S/C12H22N4O/c1-10(2)13-7-5-9-16-12(17)15-8-4-3-6-11(15)14-16/h10,13H,3-9H2,1-2H3. The van der Waals surface area contributed by atoms with Crippen LogP contribution in [0.3, 0.4) is 0 Å². The lowest BCUT2D eigenvalue weighted by atomic mass is 10.2. The number of fused-ring (bicyclic) bond motifs is 1. The highest BCUT2D eigenvalue weighted by Gasteiger charge is 2.15. The minimum Gasteiger partial charge on any atom is -0.314 e. The number of nitrogens with one attached hydrogen (secondary N) is 1. The van der Waals surface area contributed by atoms with Crippen LogP contribution in [0.5, 0.6) is 0 Å². The molecular weight excluding hydrogens is 216 g/mol. The Hall–Kier alpha value is -1.10. The van der Waals surface area contributed by atoms with E-state index in [0.717, 1.165) is 51.1 Å². The van der Waals surface area contributed by atoms with Crippen molar-refractivity contribution in [3.8, 4) is 0 Å². The molecule has 0 spiro atoms. The molecule has 5 nitrogen and oxygen atoms in total. The van der Waals surface area contributed by atoms with Crippen LogP contribution in [-0.2, 0) is 19.5 Å². The van der Waals surface area contributed by atoms with Gasteiger partial charge in [0.25, 0.3) is 0 Å². The average Bonchev–Trinajstić information content (AvgIpc) is 2.63. The van der Waals surface area contributed by atoms with E-state index in [1.165, 1.54) is 0 Å². The first-order valence-electron chi connectivity index (χ1n) is 6.58. The molecule has 96 valence electrons. The van der Waals surface area contributed by atoms with Crippen molar-refractivity contribution < 1.29 is 0 Å². The molecule has 17 heavy (non-hydrogen) atoms. The van der Waals surface area contributed by atoms with E-state index in [-0.39, 0.29) is 5.69 Å². The third-order valence-corrected chi connectivity index (χ3v) is 3.13. The molecule has 1 N–H and O–H groups in total. The molecule has 0 aromatic carbocycles. The summed E-state index contributed by atoms with van der Waals surface area (Å²) in [6.45, 7) is 6.76. The van der Waals surface area contributed by atoms with Crippen LogP contribution in [0.1, 0.15) is 38.9 Å². The minimum absolute atomic E-state index is 0.0734. The van der Waals surface area contributed by atoms with Gasteiger partial charge >= 0.3 is 5.69 Å². The molecule has 0 bridgehead atoms. The highest BCUT2D eigenvalue weighted by atomic mass is 16.2. The zero-order valence-electron chi connectivity index (χ0n) is 10.8. The summed E-state index contributed by atoms with van der Waals surface area (Å²) in [5, 5.41) is 7.75. The van der Waals surface area contributed by atoms with Crippen molar-refractivity contribution in [3.05, 3.63) is 16.3 Å². The Morgan fingerprint density at radius 3 is 2.94 bits per heavy atom. The number of hydrogen-bond donors (Lipinski definition) is 1. The lowest BCUT2D eigenvalue weighted by Crippen LogP contribution is -2.29. The van der Waals surface area contributed by atoms with Crippen molar-refractivity contribution >= 4 is 0 Å². The maximum absolute atomic E-state index is 12.0. The SMILES string of the molecule is CC(C)NCCCn1nc2n(c1=O)CCCC2. The highest BCUT2D eigenvalue weighted by Crippen LogP contribution is 2.09. The van der Waals surface area contributed by atoms with Crippen molar-refractivity contribution in [2.45, 2.75) is 58.7 Å². The first kappa shape index (κ1) is 12.4. The van der Waals surface area contributed by atoms with E-state index in [0.29, 0.717) is 6.04 Å². The van der Waals surface area contributed by atoms with E-state index in [9.17, 15) is 4.79 Å². The zero-order chi connectivity index (χ0) is 12.3. The largest absolute Gasteiger partial charge is 0.345 e. The molecule has 0 atom stereocenters. The van der Waals surface area contributed by atoms with Crippen LogP contribution in [0.2, 0.25) is 0 Å². The van der Waals surface area contributed by atoms with Gasteiger partial charge in [-0.15, -0.1) is 0 Å². The smallest absolute Gasteiger partial charge is 0.314 e. The van der Waals surface area contributed by atoms with E-state index in [4.69, 9.17) is 0 Å². The Morgan fingerprint density at radius 2 is 2.24 bits per heavy atom. The highest BCUT2D eigenvalue weighted by molar-refractivity contribution is 4.91. The van der Waals surface area contributed by atoms with Gasteiger partial charge in [-0.05, 0) is 25.8 Å². The van der Waals surface area contributed by atoms with Crippen LogP contribution in [0.15, 0.2) is 4.79 Å². The van der Waals surface area contributed by atoms with Gasteiger partial charge in [0.05, 0.1) is 0 Å². The van der Waals surface area contributed by atoms with Crippen LogP contribution < -0.4 is 11.0 Å². The van der Waals surface area contributed by atoms with Crippen molar-refractivity contribution in [1.29, 1.82) is 0 Å². The van der Waals surface area contributed by atoms with Crippen LogP contribution in [0, 0.1) is 0 Å². The molecule has 0 saturated carbocycles. The lowest BCUT2D eigenvalue weighted by Gasteiger charge is -2.09. The maximum atomic E-state index is 12.0. The molecule has 5 heteroatoms. The Morgan fingerprint density at radius 1 is 1.41 bits per heavy atom. The fourth-order valence-corrected chi connectivity index (χ4v) is 2.21. The molecular formula is C12H22N4O. The summed E-state index contributed by atoms with van der Waals surface area (Å²) in [5.41, 5.74) is 0.0734. The van der Waals surface area contributed by atoms with Crippen molar-refractivity contribution in [2.24, 2.45) is 0 Å². The predicted molar refractivity (Wildman–Crippen MR) is 67.2 cm³/mol. The molecule has 2 rings (SSSR count). The van der Waals surface area contributed by atoms with E-state index < -0.39 is 0 Å². The number of rotatable bonds is 5. The van der Waals surface area contributed by atoms with E-state index >= 15 is 0 Å². The normalized spacial score (nSPS) is 15.2. The summed E-state index contributed by atoms with van der Waals surface area (Å²) in [7, 11) is 0. The van der Waals surface area contributed by atoms with Crippen molar-refractivity contribution in [1.82, 2.24) is 19.7 Å². The topological polar surface area (TPSA) is 51.9 Å². The van der Waals surface area contributed by atoms with Gasteiger partial charge in [-0.25, -0.2) is 9.48 Å². The van der Waals surface area contributed by atoms with Crippen LogP contribution in [0.25, 0.3) is 0 Å². The van der Waals surface area contributed by atoms with Gasteiger partial charge < -0.3 is 5.32 Å². The fraction of sp³-hybridized carbons (Fsp3) is 0.833. The second-order valence-electron chi connectivity index (χ2n) is 4.99. The molecule has 2 heterocycles. The van der Waals surface area contributed by atoms with Gasteiger partial charge in [-0.3, -0.25) is 4.57 Å². The number of aromatic nitrogens is 3. The number of hydrogen-bond acceptors (Lipinski definition) is 3. The van der Waals surface area contributed by atoms with Gasteiger partial charge in [-0.1, -0.05) is 13.8 Å². The first-order valence-corrected chi connectivity index (χ1v) is 6.58. The molecule has 1 aromatic heterocycles. The summed E-state index contributed by atoms with van der Waals surface area (Å²) in [5.74, 6) is 0.970. The Labute approximate surface area is 102 Å². The Kier molecular flexibility index (Phi) is 3.99. The maximum Gasteiger partial charge on any atom is 0.345 e. The van der Waals surface area contributed by atoms with Gasteiger partial charge in [-0.2, -0.15) is 5.10 Å². The van der Waals surface area contributed by atoms with Crippen molar-refractivity contribution in [2.75, 3.05) is 6.54 Å². The third-order valence-electron chi connectivity index (χ3n) is 3.13. The lowest BCUT2D eigenvalue weighted by molar-refractivity contribution is 0.496. The summed E-state index contributed by atoms with van der Waals surface area (Å²) in [6.07, 6.45) is 4.17. The molecule has 0 saturated heterocycles. The third kappa shape index (κ3) is 2.97. The van der Waals surface area contributed by atoms with Crippen LogP contribution in [-0.4, -0.2) is 26.9 Å². The minimum atomic E-state index is 0.0734. The van der Waals surface area contributed by atoms with E-state index in [1.54, 1.807) is 4.68 Å². The quantitative estimate of drug-likeness (QED) is 0.771. The molecule has 0 aliphatic carbocycles. The van der Waals surface area contributed by atoms with Gasteiger partial charge in [0, 0.05) is 25.6 Å². The second-order valence-corrected chi connectivity index (χ2v) is 4.99. The Bertz CT molecular complexity index is 419. The Balaban J connectivity index is 1.93. The summed E-state index contributed by atoms with van der Waals surface area (Å²) in [6, 6.07) is 0.502. The molecule has 0 radical (unpaired) electrons. The van der Waals surface area contributed by atoms with Crippen molar-refractivity contribution in [3.63, 3.8) is 0 Å². The molecule has 0 unspecified atom stereocenters. The van der Waals surface area contributed by atoms with E-state index in [1.807, 2.05) is 4.57 Å². The van der Waals surface area contributed by atoms with Gasteiger partial charge in [0.15, 0.2) is 0 Å².